The molecule has 8 nitrogen and oxygen atoms in total. The molecule has 0 unspecified atom stereocenters. The van der Waals surface area contributed by atoms with Crippen LogP contribution in [0.2, 0.25) is 0 Å². The number of para-hydroxylation sites is 4. The SMILES string of the molecule is CC(C)(C)NC(=O)Nc1ccccc1OCCOc1ccccc1NC(=O)NC(C)(C)C. The molecule has 174 valence electrons. The summed E-state index contributed by atoms with van der Waals surface area (Å²) in [5, 5.41) is 11.3. The summed E-state index contributed by atoms with van der Waals surface area (Å²) in [5.74, 6) is 1.08. The maximum Gasteiger partial charge on any atom is 0.319 e. The molecular formula is C24H34N4O4. The number of amides is 4. The number of carbonyl (C=O) groups excluding carboxylic acids is 2. The Bertz CT molecular complexity index is 841. The lowest BCUT2D eigenvalue weighted by atomic mass is 10.1. The Labute approximate surface area is 190 Å². The van der Waals surface area contributed by atoms with E-state index in [0.717, 1.165) is 0 Å². The molecule has 2 aromatic carbocycles. The zero-order valence-corrected chi connectivity index (χ0v) is 19.7. The number of rotatable bonds is 7. The number of anilines is 2. The van der Waals surface area contributed by atoms with Crippen LogP contribution >= 0.6 is 0 Å². The molecule has 0 spiro atoms. The first kappa shape index (κ1) is 24.8. The molecule has 32 heavy (non-hydrogen) atoms. The van der Waals surface area contributed by atoms with Crippen LogP contribution < -0.4 is 30.7 Å². The summed E-state index contributed by atoms with van der Waals surface area (Å²) >= 11 is 0. The summed E-state index contributed by atoms with van der Waals surface area (Å²) in [6.45, 7) is 12.0. The van der Waals surface area contributed by atoms with E-state index in [-0.39, 0.29) is 36.4 Å². The van der Waals surface area contributed by atoms with Crippen LogP contribution in [0, 0.1) is 0 Å². The van der Waals surface area contributed by atoms with Gasteiger partial charge in [0.05, 0.1) is 11.4 Å². The summed E-state index contributed by atoms with van der Waals surface area (Å²) in [7, 11) is 0. The lowest BCUT2D eigenvalue weighted by Crippen LogP contribution is -2.43. The molecule has 0 aromatic heterocycles. The minimum absolute atomic E-state index is 0.252. The highest BCUT2D eigenvalue weighted by Crippen LogP contribution is 2.25. The average Bonchev–Trinajstić information content (AvgIpc) is 2.64. The van der Waals surface area contributed by atoms with Crippen molar-refractivity contribution >= 4 is 23.4 Å². The predicted octanol–water partition coefficient (Wildman–Crippen LogP) is 4.98. The maximum atomic E-state index is 12.2. The first-order valence-corrected chi connectivity index (χ1v) is 10.5. The Hall–Kier alpha value is -3.42. The van der Waals surface area contributed by atoms with Gasteiger partial charge < -0.3 is 30.7 Å². The molecule has 2 rings (SSSR count). The molecule has 2 aromatic rings. The zero-order valence-electron chi connectivity index (χ0n) is 19.7. The van der Waals surface area contributed by atoms with Gasteiger partial charge in [-0.15, -0.1) is 0 Å². The van der Waals surface area contributed by atoms with Crippen molar-refractivity contribution in [1.82, 2.24) is 10.6 Å². The van der Waals surface area contributed by atoms with E-state index in [2.05, 4.69) is 21.3 Å². The number of hydrogen-bond acceptors (Lipinski definition) is 4. The van der Waals surface area contributed by atoms with Crippen LogP contribution in [0.5, 0.6) is 11.5 Å². The van der Waals surface area contributed by atoms with Gasteiger partial charge in [0, 0.05) is 11.1 Å². The highest BCUT2D eigenvalue weighted by atomic mass is 16.5. The summed E-state index contributed by atoms with van der Waals surface area (Å²) in [6, 6.07) is 13.8. The van der Waals surface area contributed by atoms with Crippen LogP contribution in [0.25, 0.3) is 0 Å². The normalized spacial score (nSPS) is 11.3. The Morgan fingerprint density at radius 2 is 1.00 bits per heavy atom. The van der Waals surface area contributed by atoms with Gasteiger partial charge in [0.25, 0.3) is 0 Å². The van der Waals surface area contributed by atoms with Crippen LogP contribution in [0.4, 0.5) is 21.0 Å². The predicted molar refractivity (Wildman–Crippen MR) is 128 cm³/mol. The fourth-order valence-corrected chi connectivity index (χ4v) is 2.68. The van der Waals surface area contributed by atoms with Gasteiger partial charge in [0.2, 0.25) is 0 Å². The van der Waals surface area contributed by atoms with Crippen LogP contribution in [-0.4, -0.2) is 36.4 Å². The number of nitrogens with one attached hydrogen (secondary N) is 4. The molecule has 0 saturated heterocycles. The second-order valence-corrected chi connectivity index (χ2v) is 9.35. The van der Waals surface area contributed by atoms with E-state index >= 15 is 0 Å². The number of ether oxygens (including phenoxy) is 2. The number of urea groups is 2. The van der Waals surface area contributed by atoms with Gasteiger partial charge in [0.15, 0.2) is 0 Å². The lowest BCUT2D eigenvalue weighted by Gasteiger charge is -2.22. The number of carbonyl (C=O) groups is 2. The van der Waals surface area contributed by atoms with Crippen molar-refractivity contribution < 1.29 is 19.1 Å². The van der Waals surface area contributed by atoms with Crippen molar-refractivity contribution in [2.24, 2.45) is 0 Å². The van der Waals surface area contributed by atoms with Crippen molar-refractivity contribution in [3.63, 3.8) is 0 Å². The van der Waals surface area contributed by atoms with Gasteiger partial charge in [-0.25, -0.2) is 9.59 Å². The minimum atomic E-state index is -0.348. The van der Waals surface area contributed by atoms with Gasteiger partial charge in [-0.2, -0.15) is 0 Å². The highest BCUT2D eigenvalue weighted by molar-refractivity contribution is 5.92. The summed E-state index contributed by atoms with van der Waals surface area (Å²) in [5.41, 5.74) is 0.433. The summed E-state index contributed by atoms with van der Waals surface area (Å²) < 4.78 is 11.6. The molecule has 0 aliphatic heterocycles. The average molecular weight is 443 g/mol. The third-order valence-corrected chi connectivity index (χ3v) is 3.85. The molecule has 4 amide bonds. The minimum Gasteiger partial charge on any atom is -0.488 e. The quantitative estimate of drug-likeness (QED) is 0.454. The molecule has 0 saturated carbocycles. The Morgan fingerprint density at radius 3 is 1.34 bits per heavy atom. The van der Waals surface area contributed by atoms with Crippen LogP contribution in [0.15, 0.2) is 48.5 Å². The van der Waals surface area contributed by atoms with Crippen molar-refractivity contribution in [2.75, 3.05) is 23.8 Å². The molecule has 8 heteroatoms. The highest BCUT2D eigenvalue weighted by Gasteiger charge is 2.16. The molecule has 0 bridgehead atoms. The van der Waals surface area contributed by atoms with Gasteiger partial charge in [-0.05, 0) is 65.8 Å². The maximum absolute atomic E-state index is 12.2. The van der Waals surface area contributed by atoms with Crippen LogP contribution in [0.3, 0.4) is 0 Å². The van der Waals surface area contributed by atoms with Crippen molar-refractivity contribution in [3.05, 3.63) is 48.5 Å². The van der Waals surface area contributed by atoms with Crippen molar-refractivity contribution in [2.45, 2.75) is 52.6 Å². The van der Waals surface area contributed by atoms with Gasteiger partial charge in [-0.3, -0.25) is 0 Å². The Morgan fingerprint density at radius 1 is 0.656 bits per heavy atom. The Kier molecular flexibility index (Phi) is 8.34. The largest absolute Gasteiger partial charge is 0.488 e. The fraction of sp³-hybridized carbons (Fsp3) is 0.417. The van der Waals surface area contributed by atoms with Crippen LogP contribution in [0.1, 0.15) is 41.5 Å². The molecule has 0 heterocycles. The van der Waals surface area contributed by atoms with E-state index in [1.54, 1.807) is 24.3 Å². The Balaban J connectivity index is 1.91. The monoisotopic (exact) mass is 442 g/mol. The molecule has 0 aliphatic carbocycles. The second kappa shape index (κ2) is 10.7. The van der Waals surface area contributed by atoms with E-state index in [1.165, 1.54) is 0 Å². The first-order chi connectivity index (χ1) is 14.9. The van der Waals surface area contributed by atoms with E-state index < -0.39 is 0 Å². The summed E-state index contributed by atoms with van der Waals surface area (Å²) in [6.07, 6.45) is 0. The van der Waals surface area contributed by atoms with E-state index in [9.17, 15) is 9.59 Å². The van der Waals surface area contributed by atoms with Crippen molar-refractivity contribution in [1.29, 1.82) is 0 Å². The molecule has 0 radical (unpaired) electrons. The molecule has 0 aliphatic rings. The third-order valence-electron chi connectivity index (χ3n) is 3.85. The smallest absolute Gasteiger partial charge is 0.319 e. The molecule has 4 N–H and O–H groups in total. The van der Waals surface area contributed by atoms with Gasteiger partial charge in [0.1, 0.15) is 24.7 Å². The van der Waals surface area contributed by atoms with Crippen LogP contribution in [-0.2, 0) is 0 Å². The van der Waals surface area contributed by atoms with E-state index in [1.807, 2.05) is 65.8 Å². The topological polar surface area (TPSA) is 101 Å². The molecular weight excluding hydrogens is 408 g/mol. The lowest BCUT2D eigenvalue weighted by molar-refractivity contribution is 0.218. The number of benzene rings is 2. The van der Waals surface area contributed by atoms with Gasteiger partial charge >= 0.3 is 12.1 Å². The fourth-order valence-electron chi connectivity index (χ4n) is 2.68. The van der Waals surface area contributed by atoms with Gasteiger partial charge in [-0.1, -0.05) is 24.3 Å². The number of hydrogen-bond donors (Lipinski definition) is 4. The third kappa shape index (κ3) is 9.16. The molecule has 0 fully saturated rings. The second-order valence-electron chi connectivity index (χ2n) is 9.35. The zero-order chi connectivity index (χ0) is 23.8. The standard InChI is InChI=1S/C24H34N4O4/c1-23(2,3)27-21(29)25-17-11-7-9-13-19(17)31-15-16-32-20-14-10-8-12-18(20)26-22(30)28-24(4,5)6/h7-14H,15-16H2,1-6H3,(H2,25,27,29)(H2,26,28,30). The van der Waals surface area contributed by atoms with Crippen molar-refractivity contribution in [3.8, 4) is 11.5 Å². The summed E-state index contributed by atoms with van der Waals surface area (Å²) in [4.78, 5) is 24.3. The first-order valence-electron chi connectivity index (χ1n) is 10.5. The molecule has 0 atom stereocenters. The van der Waals surface area contributed by atoms with E-state index in [4.69, 9.17) is 9.47 Å². The van der Waals surface area contributed by atoms with E-state index in [0.29, 0.717) is 22.9 Å².